The highest BCUT2D eigenvalue weighted by Crippen LogP contribution is 2.28. The molecule has 0 bridgehead atoms. The molecule has 0 spiro atoms. The minimum Gasteiger partial charge on any atom is -0.496 e. The van der Waals surface area contributed by atoms with Gasteiger partial charge in [-0.25, -0.2) is 9.69 Å². The molecule has 0 atom stereocenters. The molecule has 0 radical (unpaired) electrons. The van der Waals surface area contributed by atoms with Crippen LogP contribution in [0.4, 0.5) is 10.5 Å². The normalized spacial score (nSPS) is 15.9. The molecule has 1 saturated heterocycles. The number of amides is 4. The first-order chi connectivity index (χ1) is 12.8. The molecule has 6 nitrogen and oxygen atoms in total. The Bertz CT molecular complexity index is 977. The second-order valence-corrected chi connectivity index (χ2v) is 7.05. The highest BCUT2D eigenvalue weighted by atomic mass is 79.9. The van der Waals surface area contributed by atoms with Crippen molar-refractivity contribution in [1.82, 2.24) is 5.32 Å². The van der Waals surface area contributed by atoms with E-state index in [0.717, 1.165) is 16.0 Å². The molecule has 2 aromatic carbocycles. The van der Waals surface area contributed by atoms with Crippen molar-refractivity contribution in [3.8, 4) is 5.75 Å². The fourth-order valence-electron chi connectivity index (χ4n) is 2.91. The minimum atomic E-state index is -0.761. The number of nitrogens with zero attached hydrogens (tertiary/aromatic N) is 1. The maximum Gasteiger partial charge on any atom is 0.335 e. The molecule has 27 heavy (non-hydrogen) atoms. The van der Waals surface area contributed by atoms with Gasteiger partial charge in [0.05, 0.1) is 17.3 Å². The summed E-state index contributed by atoms with van der Waals surface area (Å²) in [5, 5.41) is 2.23. The van der Waals surface area contributed by atoms with Gasteiger partial charge in [-0.15, -0.1) is 0 Å². The molecule has 2 aromatic rings. The third kappa shape index (κ3) is 3.78. The number of hydrogen-bond acceptors (Lipinski definition) is 4. The monoisotopic (exact) mass is 428 g/mol. The highest BCUT2D eigenvalue weighted by Gasteiger charge is 2.36. The van der Waals surface area contributed by atoms with E-state index in [1.54, 1.807) is 37.4 Å². The van der Waals surface area contributed by atoms with Crippen LogP contribution in [0.2, 0.25) is 0 Å². The molecular formula is C20H17BrN2O4. The fraction of sp³-hybridized carbons (Fsp3) is 0.150. The number of benzene rings is 2. The summed E-state index contributed by atoms with van der Waals surface area (Å²) in [5.41, 5.74) is 2.74. The Morgan fingerprint density at radius 3 is 2.30 bits per heavy atom. The summed E-state index contributed by atoms with van der Waals surface area (Å²) in [5.74, 6) is -0.762. The molecule has 1 N–H and O–H groups in total. The standard InChI is InChI=1S/C20H17BrN2O4/c1-11-6-12(2)8-14(7-11)23-19(25)15(18(24)22-20(23)26)9-13-4-5-17(27-3)16(21)10-13/h4-10H,1-3H3,(H,22,24,26)/b15-9+. The molecule has 3 rings (SSSR count). The summed E-state index contributed by atoms with van der Waals surface area (Å²) in [6.45, 7) is 3.75. The lowest BCUT2D eigenvalue weighted by atomic mass is 10.1. The third-order valence-corrected chi connectivity index (χ3v) is 4.67. The van der Waals surface area contributed by atoms with E-state index in [9.17, 15) is 14.4 Å². The summed E-state index contributed by atoms with van der Waals surface area (Å²) >= 11 is 3.37. The number of barbiturate groups is 1. The fourth-order valence-corrected chi connectivity index (χ4v) is 3.47. The zero-order valence-electron chi connectivity index (χ0n) is 15.0. The number of anilines is 1. The quantitative estimate of drug-likeness (QED) is 0.596. The van der Waals surface area contributed by atoms with E-state index >= 15 is 0 Å². The summed E-state index contributed by atoms with van der Waals surface area (Å²) < 4.78 is 5.86. The van der Waals surface area contributed by atoms with Crippen LogP contribution in [0, 0.1) is 13.8 Å². The first-order valence-electron chi connectivity index (χ1n) is 8.13. The maximum atomic E-state index is 12.9. The van der Waals surface area contributed by atoms with Gasteiger partial charge in [0, 0.05) is 0 Å². The van der Waals surface area contributed by atoms with Gasteiger partial charge in [0.1, 0.15) is 11.3 Å². The minimum absolute atomic E-state index is 0.120. The van der Waals surface area contributed by atoms with E-state index in [-0.39, 0.29) is 5.57 Å². The van der Waals surface area contributed by atoms with Crippen molar-refractivity contribution in [1.29, 1.82) is 0 Å². The van der Waals surface area contributed by atoms with Gasteiger partial charge in [0.25, 0.3) is 11.8 Å². The van der Waals surface area contributed by atoms with Crippen LogP contribution < -0.4 is 15.0 Å². The number of rotatable bonds is 3. The highest BCUT2D eigenvalue weighted by molar-refractivity contribution is 9.10. The molecule has 0 saturated carbocycles. The number of aryl methyl sites for hydroxylation is 2. The van der Waals surface area contributed by atoms with Crippen molar-refractivity contribution in [2.75, 3.05) is 12.0 Å². The van der Waals surface area contributed by atoms with Crippen LogP contribution >= 0.6 is 15.9 Å². The van der Waals surface area contributed by atoms with Crippen LogP contribution in [0.3, 0.4) is 0 Å². The Balaban J connectivity index is 2.03. The summed E-state index contributed by atoms with van der Waals surface area (Å²) in [4.78, 5) is 38.4. The average Bonchev–Trinajstić information content (AvgIpc) is 2.57. The second kappa shape index (κ2) is 7.36. The number of carbonyl (C=O) groups excluding carboxylic acids is 3. The lowest BCUT2D eigenvalue weighted by Gasteiger charge is -2.27. The van der Waals surface area contributed by atoms with Crippen molar-refractivity contribution in [3.05, 3.63) is 63.1 Å². The van der Waals surface area contributed by atoms with E-state index in [4.69, 9.17) is 4.74 Å². The van der Waals surface area contributed by atoms with E-state index < -0.39 is 17.8 Å². The van der Waals surface area contributed by atoms with Crippen molar-refractivity contribution in [2.24, 2.45) is 0 Å². The molecule has 1 aliphatic rings. The van der Waals surface area contributed by atoms with Crippen molar-refractivity contribution >= 4 is 45.5 Å². The SMILES string of the molecule is COc1ccc(/C=C2\C(=O)NC(=O)N(c3cc(C)cc(C)c3)C2=O)cc1Br. The number of imide groups is 2. The van der Waals surface area contributed by atoms with Gasteiger partial charge in [0.15, 0.2) is 0 Å². The molecule has 0 aromatic heterocycles. The number of urea groups is 1. The number of carbonyl (C=O) groups is 3. The second-order valence-electron chi connectivity index (χ2n) is 6.20. The van der Waals surface area contributed by atoms with E-state index in [1.165, 1.54) is 6.08 Å². The van der Waals surface area contributed by atoms with Crippen molar-refractivity contribution < 1.29 is 19.1 Å². The van der Waals surface area contributed by atoms with Gasteiger partial charge >= 0.3 is 6.03 Å². The van der Waals surface area contributed by atoms with Gasteiger partial charge in [-0.1, -0.05) is 12.1 Å². The van der Waals surface area contributed by atoms with Crippen LogP contribution in [-0.4, -0.2) is 25.0 Å². The molecule has 4 amide bonds. The summed E-state index contributed by atoms with van der Waals surface area (Å²) in [7, 11) is 1.55. The molecule has 0 aliphatic carbocycles. The van der Waals surface area contributed by atoms with E-state index in [0.29, 0.717) is 21.5 Å². The Morgan fingerprint density at radius 1 is 1.04 bits per heavy atom. The number of halogens is 1. The first-order valence-corrected chi connectivity index (χ1v) is 8.92. The lowest BCUT2D eigenvalue weighted by Crippen LogP contribution is -2.54. The Labute approximate surface area is 164 Å². The first kappa shape index (κ1) is 18.8. The zero-order chi connectivity index (χ0) is 19.7. The van der Waals surface area contributed by atoms with Crippen molar-refractivity contribution in [2.45, 2.75) is 13.8 Å². The van der Waals surface area contributed by atoms with Gasteiger partial charge in [-0.2, -0.15) is 0 Å². The van der Waals surface area contributed by atoms with Gasteiger partial charge in [-0.05, 0) is 76.8 Å². The molecule has 1 aliphatic heterocycles. The van der Waals surface area contributed by atoms with Crippen LogP contribution in [0.5, 0.6) is 5.75 Å². The maximum absolute atomic E-state index is 12.9. The van der Waals surface area contributed by atoms with Crippen LogP contribution in [-0.2, 0) is 9.59 Å². The summed E-state index contributed by atoms with van der Waals surface area (Å²) in [6, 6.07) is 9.78. The number of nitrogens with one attached hydrogen (secondary N) is 1. The van der Waals surface area contributed by atoms with Gasteiger partial charge < -0.3 is 4.74 Å². The zero-order valence-corrected chi connectivity index (χ0v) is 16.6. The smallest absolute Gasteiger partial charge is 0.335 e. The van der Waals surface area contributed by atoms with Gasteiger partial charge in [-0.3, -0.25) is 14.9 Å². The topological polar surface area (TPSA) is 75.7 Å². The predicted octanol–water partition coefficient (Wildman–Crippen LogP) is 3.74. The Morgan fingerprint density at radius 2 is 1.70 bits per heavy atom. The number of methoxy groups -OCH3 is 1. The third-order valence-electron chi connectivity index (χ3n) is 4.05. The number of ether oxygens (including phenoxy) is 1. The molecule has 1 fully saturated rings. The average molecular weight is 429 g/mol. The van der Waals surface area contributed by atoms with Crippen LogP contribution in [0.25, 0.3) is 6.08 Å². The van der Waals surface area contributed by atoms with Crippen molar-refractivity contribution in [3.63, 3.8) is 0 Å². The van der Waals surface area contributed by atoms with Crippen LogP contribution in [0.1, 0.15) is 16.7 Å². The summed E-state index contributed by atoms with van der Waals surface area (Å²) in [6.07, 6.45) is 1.45. The largest absolute Gasteiger partial charge is 0.496 e. The van der Waals surface area contributed by atoms with Gasteiger partial charge in [0.2, 0.25) is 0 Å². The number of hydrogen-bond donors (Lipinski definition) is 1. The molecule has 138 valence electrons. The van der Waals surface area contributed by atoms with Crippen LogP contribution in [0.15, 0.2) is 46.4 Å². The van der Waals surface area contributed by atoms with E-state index in [1.807, 2.05) is 19.9 Å². The molecule has 0 unspecified atom stereocenters. The van der Waals surface area contributed by atoms with E-state index in [2.05, 4.69) is 21.2 Å². The molecular weight excluding hydrogens is 412 g/mol. The Kier molecular flexibility index (Phi) is 5.14. The predicted molar refractivity (Wildman–Crippen MR) is 106 cm³/mol. The molecule has 7 heteroatoms. The lowest BCUT2D eigenvalue weighted by molar-refractivity contribution is -0.122. The molecule has 1 heterocycles. The Hall–Kier alpha value is -2.93.